The van der Waals surface area contributed by atoms with Crippen molar-refractivity contribution >= 4 is 29.3 Å². The summed E-state index contributed by atoms with van der Waals surface area (Å²) in [5.41, 5.74) is 0. The zero-order chi connectivity index (χ0) is 18.0. The predicted octanol–water partition coefficient (Wildman–Crippen LogP) is 4.69. The van der Waals surface area contributed by atoms with Gasteiger partial charge in [-0.3, -0.25) is 0 Å². The maximum atomic E-state index is 10.3. The quantitative estimate of drug-likeness (QED) is 0.507. The molecule has 0 aromatic carbocycles. The topological polar surface area (TPSA) is 38.7 Å². The molecule has 0 rings (SSSR count). The average Bonchev–Trinajstić information content (AvgIpc) is 2.30. The molecule has 0 spiro atoms. The Balaban J connectivity index is 4.44. The minimum Gasteiger partial charge on any atom is -0.416 e. The molecule has 0 bridgehead atoms. The van der Waals surface area contributed by atoms with Crippen molar-refractivity contribution in [1.82, 2.24) is 0 Å². The smallest absolute Gasteiger partial charge is 0.192 e. The van der Waals surface area contributed by atoms with Crippen LogP contribution in [-0.4, -0.2) is 46.3 Å². The second-order valence-corrected chi connectivity index (χ2v) is 19.6. The van der Waals surface area contributed by atoms with Crippen molar-refractivity contribution in [3.63, 3.8) is 0 Å². The van der Waals surface area contributed by atoms with Gasteiger partial charge in [0.25, 0.3) is 0 Å². The lowest BCUT2D eigenvalue weighted by atomic mass is 10.2. The molecule has 0 aliphatic carbocycles. The van der Waals surface area contributed by atoms with Crippen LogP contribution in [0.25, 0.3) is 0 Å². The molecule has 2 atom stereocenters. The maximum Gasteiger partial charge on any atom is 0.192 e. The third-order valence-electron chi connectivity index (χ3n) is 5.29. The molecule has 0 radical (unpaired) electrons. The highest BCUT2D eigenvalue weighted by Crippen LogP contribution is 2.38. The Morgan fingerprint density at radius 1 is 0.818 bits per heavy atom. The van der Waals surface area contributed by atoms with Gasteiger partial charge >= 0.3 is 0 Å². The molecule has 3 nitrogen and oxygen atoms in total. The molecule has 6 heteroatoms. The van der Waals surface area contributed by atoms with Crippen LogP contribution in [0.15, 0.2) is 0 Å². The van der Waals surface area contributed by atoms with Gasteiger partial charge in [0, 0.05) is 6.61 Å². The van der Waals surface area contributed by atoms with Gasteiger partial charge in [-0.05, 0) is 36.3 Å². The van der Waals surface area contributed by atoms with Crippen LogP contribution in [0, 0.1) is 0 Å². The van der Waals surface area contributed by atoms with E-state index in [0.717, 1.165) is 0 Å². The summed E-state index contributed by atoms with van der Waals surface area (Å²) >= 11 is 4.52. The van der Waals surface area contributed by atoms with E-state index in [-0.39, 0.29) is 15.3 Å². The monoisotopic (exact) mass is 366 g/mol. The van der Waals surface area contributed by atoms with Crippen LogP contribution in [-0.2, 0) is 8.85 Å². The van der Waals surface area contributed by atoms with Gasteiger partial charge in [0.15, 0.2) is 16.6 Å². The van der Waals surface area contributed by atoms with Crippen LogP contribution >= 0.6 is 12.6 Å². The minimum absolute atomic E-state index is 0.149. The van der Waals surface area contributed by atoms with Crippen LogP contribution in [0.4, 0.5) is 0 Å². The summed E-state index contributed by atoms with van der Waals surface area (Å²) in [5.74, 6) is 0. The van der Waals surface area contributed by atoms with Crippen molar-refractivity contribution in [2.24, 2.45) is 0 Å². The van der Waals surface area contributed by atoms with Gasteiger partial charge < -0.3 is 14.0 Å². The fourth-order valence-electron chi connectivity index (χ4n) is 1.24. The van der Waals surface area contributed by atoms with E-state index < -0.39 is 22.7 Å². The summed E-state index contributed by atoms with van der Waals surface area (Å²) in [7, 11) is -3.62. The lowest BCUT2D eigenvalue weighted by Gasteiger charge is -2.38. The van der Waals surface area contributed by atoms with Gasteiger partial charge in [0.2, 0.25) is 0 Å². The van der Waals surface area contributed by atoms with Crippen molar-refractivity contribution in [2.45, 2.75) is 89.2 Å². The van der Waals surface area contributed by atoms with E-state index in [2.05, 4.69) is 80.4 Å². The molecule has 0 aliphatic rings. The van der Waals surface area contributed by atoms with Gasteiger partial charge in [0.1, 0.15) is 0 Å². The lowest BCUT2D eigenvalue weighted by Crippen LogP contribution is -2.46. The highest BCUT2D eigenvalue weighted by molar-refractivity contribution is 7.81. The third kappa shape index (κ3) is 6.65. The number of hydrogen-bond donors (Lipinski definition) is 2. The third-order valence-corrected chi connectivity index (χ3v) is 14.8. The Bertz CT molecular complexity index is 312. The van der Waals surface area contributed by atoms with Gasteiger partial charge in [-0.15, -0.1) is 0 Å². The molecule has 0 fully saturated rings. The molecule has 0 aromatic rings. The fourth-order valence-corrected chi connectivity index (χ4v) is 3.59. The van der Waals surface area contributed by atoms with Crippen molar-refractivity contribution < 1.29 is 14.0 Å². The maximum absolute atomic E-state index is 10.3. The van der Waals surface area contributed by atoms with Crippen molar-refractivity contribution in [3.8, 4) is 0 Å². The first-order valence-electron chi connectivity index (χ1n) is 8.15. The second kappa shape index (κ2) is 7.70. The molecular weight excluding hydrogens is 328 g/mol. The SMILES string of the molecule is CC(C)(C)[Si](C)(C)OC[C@@H](O)[C@H](S)CO[Si](C)(C)C(C)(C)C. The molecule has 0 unspecified atom stereocenters. The first kappa shape index (κ1) is 22.7. The summed E-state index contributed by atoms with van der Waals surface area (Å²) in [6.45, 7) is 22.9. The normalized spacial score (nSPS) is 17.5. The highest BCUT2D eigenvalue weighted by Gasteiger charge is 2.39. The summed E-state index contributed by atoms with van der Waals surface area (Å²) < 4.78 is 12.2. The molecule has 0 aliphatic heterocycles. The largest absolute Gasteiger partial charge is 0.416 e. The second-order valence-electron chi connectivity index (χ2n) is 9.28. The van der Waals surface area contributed by atoms with Gasteiger partial charge in [0.05, 0.1) is 18.0 Å². The summed E-state index contributed by atoms with van der Waals surface area (Å²) in [5, 5.41) is 10.4. The van der Waals surface area contributed by atoms with Crippen LogP contribution < -0.4 is 0 Å². The number of hydrogen-bond acceptors (Lipinski definition) is 4. The molecule has 0 amide bonds. The Morgan fingerprint density at radius 3 is 1.45 bits per heavy atom. The van der Waals surface area contributed by atoms with Gasteiger partial charge in [-0.1, -0.05) is 41.5 Å². The summed E-state index contributed by atoms with van der Waals surface area (Å²) in [6.07, 6.45) is -0.595. The van der Waals surface area contributed by atoms with Crippen LogP contribution in [0.2, 0.25) is 36.3 Å². The lowest BCUT2D eigenvalue weighted by molar-refractivity contribution is 0.0837. The highest BCUT2D eigenvalue weighted by atomic mass is 32.1. The van der Waals surface area contributed by atoms with Crippen LogP contribution in [0.1, 0.15) is 41.5 Å². The molecule has 0 heterocycles. The first-order chi connectivity index (χ1) is 9.51. The number of aliphatic hydroxyl groups is 1. The first-order valence-corrected chi connectivity index (χ1v) is 14.5. The molecule has 0 saturated carbocycles. The zero-order valence-corrected chi connectivity index (χ0v) is 19.2. The number of rotatable bonds is 7. The van der Waals surface area contributed by atoms with Crippen molar-refractivity contribution in [1.29, 1.82) is 0 Å². The average molecular weight is 367 g/mol. The van der Waals surface area contributed by atoms with E-state index in [0.29, 0.717) is 13.2 Å². The fraction of sp³-hybridized carbons (Fsp3) is 1.00. The Morgan fingerprint density at radius 2 is 1.14 bits per heavy atom. The molecule has 134 valence electrons. The van der Waals surface area contributed by atoms with E-state index in [1.165, 1.54) is 0 Å². The predicted molar refractivity (Wildman–Crippen MR) is 105 cm³/mol. The zero-order valence-electron chi connectivity index (χ0n) is 16.3. The van der Waals surface area contributed by atoms with Gasteiger partial charge in [-0.2, -0.15) is 12.6 Å². The van der Waals surface area contributed by atoms with Crippen molar-refractivity contribution in [3.05, 3.63) is 0 Å². The molecular formula is C16H38O3SSi2. The number of thiol groups is 1. The van der Waals surface area contributed by atoms with E-state index in [4.69, 9.17) is 8.85 Å². The Kier molecular flexibility index (Phi) is 7.93. The van der Waals surface area contributed by atoms with Crippen LogP contribution in [0.5, 0.6) is 0 Å². The molecule has 0 saturated heterocycles. The van der Waals surface area contributed by atoms with E-state index in [1.807, 2.05) is 0 Å². The van der Waals surface area contributed by atoms with Crippen molar-refractivity contribution in [2.75, 3.05) is 13.2 Å². The molecule has 0 aromatic heterocycles. The van der Waals surface area contributed by atoms with E-state index in [1.54, 1.807) is 0 Å². The summed E-state index contributed by atoms with van der Waals surface area (Å²) in [4.78, 5) is 0. The standard InChI is InChI=1S/C16H38O3SSi2/c1-15(2,3)21(7,8)18-11-13(17)14(20)12-19-22(9,10)16(4,5)6/h13-14,17,20H,11-12H2,1-10H3/t13-,14-/m1/s1. The Hall–Kier alpha value is 0.664. The van der Waals surface area contributed by atoms with Gasteiger partial charge in [-0.25, -0.2) is 0 Å². The van der Waals surface area contributed by atoms with Crippen LogP contribution in [0.3, 0.4) is 0 Å². The van der Waals surface area contributed by atoms with E-state index >= 15 is 0 Å². The molecule has 22 heavy (non-hydrogen) atoms. The molecule has 1 N–H and O–H groups in total. The van der Waals surface area contributed by atoms with E-state index in [9.17, 15) is 5.11 Å². The summed E-state index contributed by atoms with van der Waals surface area (Å²) in [6, 6.07) is 0. The Labute approximate surface area is 145 Å². The number of aliphatic hydroxyl groups excluding tert-OH is 1. The minimum atomic E-state index is -1.83.